The highest BCUT2D eigenvalue weighted by Gasteiger charge is 2.44. The second-order valence-corrected chi connectivity index (χ2v) is 2.57. The number of hydrogen-bond acceptors (Lipinski definition) is 0. The molecule has 0 heterocycles. The summed E-state index contributed by atoms with van der Waals surface area (Å²) >= 11 is 9.15. The molecule has 0 N–H and O–H groups in total. The van der Waals surface area contributed by atoms with E-state index < -0.39 is 28.8 Å². The van der Waals surface area contributed by atoms with Crippen molar-refractivity contribution >= 4 is 23.2 Å². The van der Waals surface area contributed by atoms with Crippen LogP contribution in [0.3, 0.4) is 0 Å². The number of rotatable bonds is 1. The smallest absolute Gasteiger partial charge is 0.166 e. The summed E-state index contributed by atoms with van der Waals surface area (Å²) in [6, 6.07) is 0. The van der Waals surface area contributed by atoms with Gasteiger partial charge < -0.3 is 0 Å². The summed E-state index contributed by atoms with van der Waals surface area (Å²) in [6.45, 7) is 0. The third kappa shape index (κ3) is 3.64. The Kier molecular flexibility index (Phi) is 3.93. The van der Waals surface area contributed by atoms with E-state index >= 15 is 0 Å². The van der Waals surface area contributed by atoms with Crippen LogP contribution in [0.1, 0.15) is 0 Å². The first-order chi connectivity index (χ1) is 5.60. The molecule has 0 spiro atoms. The second kappa shape index (κ2) is 3.96. The lowest BCUT2D eigenvalue weighted by Gasteiger charge is -2.13. The van der Waals surface area contributed by atoms with Crippen molar-refractivity contribution in [1.29, 1.82) is 0 Å². The molecule has 0 saturated heterocycles. The minimum Gasteiger partial charge on any atom is -0.166 e. The zero-order valence-corrected chi connectivity index (χ0v) is 7.24. The first-order valence-corrected chi connectivity index (χ1v) is 3.61. The van der Waals surface area contributed by atoms with Crippen LogP contribution in [0.5, 0.6) is 0 Å². The van der Waals surface area contributed by atoms with Gasteiger partial charge in [0.1, 0.15) is 5.03 Å². The molecule has 0 saturated carbocycles. The fourth-order valence-electron chi connectivity index (χ4n) is 0.430. The Bertz CT molecular complexity index is 212. The highest BCUT2D eigenvalue weighted by Crippen LogP contribution is 2.38. The van der Waals surface area contributed by atoms with Gasteiger partial charge in [0.2, 0.25) is 0 Å². The van der Waals surface area contributed by atoms with E-state index in [1.54, 1.807) is 0 Å². The summed E-state index contributed by atoms with van der Waals surface area (Å²) in [4.78, 5) is 0. The van der Waals surface area contributed by atoms with Crippen LogP contribution in [0, 0.1) is 0 Å². The van der Waals surface area contributed by atoms with Gasteiger partial charge >= 0.3 is 12.4 Å². The van der Waals surface area contributed by atoms with Crippen LogP contribution in [0.4, 0.5) is 26.3 Å². The first-order valence-electron chi connectivity index (χ1n) is 2.69. The van der Waals surface area contributed by atoms with E-state index in [9.17, 15) is 26.3 Å². The highest BCUT2D eigenvalue weighted by molar-refractivity contribution is 6.31. The second-order valence-electron chi connectivity index (χ2n) is 1.92. The van der Waals surface area contributed by atoms with Crippen molar-refractivity contribution in [3.05, 3.63) is 10.6 Å². The van der Waals surface area contributed by atoms with E-state index in [0.717, 1.165) is 0 Å². The van der Waals surface area contributed by atoms with Crippen LogP contribution in [0.15, 0.2) is 10.6 Å². The highest BCUT2D eigenvalue weighted by atomic mass is 35.5. The molecule has 0 bridgehead atoms. The zero-order chi connectivity index (χ0) is 10.9. The van der Waals surface area contributed by atoms with Crippen molar-refractivity contribution in [2.24, 2.45) is 0 Å². The normalized spacial score (nSPS) is 15.7. The first kappa shape index (κ1) is 12.9. The van der Waals surface area contributed by atoms with E-state index in [-0.39, 0.29) is 0 Å². The number of alkyl halides is 7. The zero-order valence-electron chi connectivity index (χ0n) is 5.73. The molecule has 0 atom stereocenters. The lowest BCUT2D eigenvalue weighted by atomic mass is 10.2. The van der Waals surface area contributed by atoms with E-state index in [2.05, 4.69) is 11.6 Å². The summed E-state index contributed by atoms with van der Waals surface area (Å²) in [5.74, 6) is -1.33. The van der Waals surface area contributed by atoms with E-state index in [1.165, 1.54) is 0 Å². The largest absolute Gasteiger partial charge is 0.427 e. The third-order valence-corrected chi connectivity index (χ3v) is 1.70. The average molecular weight is 247 g/mol. The van der Waals surface area contributed by atoms with Gasteiger partial charge in [0, 0.05) is 0 Å². The Morgan fingerprint density at radius 2 is 1.31 bits per heavy atom. The lowest BCUT2D eigenvalue weighted by molar-refractivity contribution is -0.109. The molecule has 0 aromatic carbocycles. The predicted octanol–water partition coefficient (Wildman–Crippen LogP) is 3.84. The summed E-state index contributed by atoms with van der Waals surface area (Å²) < 4.78 is 70.3. The Morgan fingerprint density at radius 1 is 0.923 bits per heavy atom. The summed E-state index contributed by atoms with van der Waals surface area (Å²) in [7, 11) is 0. The SMILES string of the molecule is FC(F)(F)/C(Cl)=C(/CCl)C(F)(F)F. The van der Waals surface area contributed by atoms with Gasteiger partial charge in [-0.2, -0.15) is 26.3 Å². The Balaban J connectivity index is 5.16. The molecule has 8 heteroatoms. The molecule has 0 aliphatic heterocycles. The molecule has 0 amide bonds. The van der Waals surface area contributed by atoms with Gasteiger partial charge in [0.05, 0.1) is 11.5 Å². The van der Waals surface area contributed by atoms with Crippen molar-refractivity contribution in [2.75, 3.05) is 5.88 Å². The molecule has 0 aliphatic rings. The molecule has 13 heavy (non-hydrogen) atoms. The fourth-order valence-corrected chi connectivity index (χ4v) is 0.957. The van der Waals surface area contributed by atoms with Crippen molar-refractivity contribution in [2.45, 2.75) is 12.4 Å². The quantitative estimate of drug-likeness (QED) is 0.487. The van der Waals surface area contributed by atoms with Crippen molar-refractivity contribution in [3.8, 4) is 0 Å². The Morgan fingerprint density at radius 3 is 1.38 bits per heavy atom. The molecule has 0 aromatic rings. The Labute approximate surface area is 79.1 Å². The van der Waals surface area contributed by atoms with Gasteiger partial charge in [0.25, 0.3) is 0 Å². The molecule has 0 aromatic heterocycles. The molecule has 0 aliphatic carbocycles. The maximum Gasteiger partial charge on any atom is 0.427 e. The Hall–Kier alpha value is -0.100. The minimum absolute atomic E-state index is 1.33. The number of allylic oxidation sites excluding steroid dienone is 2. The molecule has 0 fully saturated rings. The number of halogens is 8. The van der Waals surface area contributed by atoms with Crippen LogP contribution in [-0.4, -0.2) is 18.2 Å². The number of hydrogen-bond donors (Lipinski definition) is 0. The van der Waals surface area contributed by atoms with Gasteiger partial charge in [-0.15, -0.1) is 11.6 Å². The fraction of sp³-hybridized carbons (Fsp3) is 0.600. The summed E-state index contributed by atoms with van der Waals surface area (Å²) in [5, 5.41) is -2.23. The molecule has 0 unspecified atom stereocenters. The van der Waals surface area contributed by atoms with E-state index in [1.807, 2.05) is 0 Å². The van der Waals surface area contributed by atoms with Crippen LogP contribution in [0.2, 0.25) is 0 Å². The van der Waals surface area contributed by atoms with Crippen molar-refractivity contribution < 1.29 is 26.3 Å². The average Bonchev–Trinajstić information content (AvgIpc) is 1.83. The van der Waals surface area contributed by atoms with Crippen LogP contribution < -0.4 is 0 Å². The monoisotopic (exact) mass is 246 g/mol. The van der Waals surface area contributed by atoms with Gasteiger partial charge in [-0.1, -0.05) is 11.6 Å². The summed E-state index contributed by atoms with van der Waals surface area (Å²) in [5.41, 5.74) is -1.98. The summed E-state index contributed by atoms with van der Waals surface area (Å²) in [6.07, 6.45) is -10.4. The molecule has 0 radical (unpaired) electrons. The van der Waals surface area contributed by atoms with Crippen molar-refractivity contribution in [1.82, 2.24) is 0 Å². The lowest BCUT2D eigenvalue weighted by Crippen LogP contribution is -2.20. The topological polar surface area (TPSA) is 0 Å². The molecular weight excluding hydrogens is 245 g/mol. The maximum atomic E-state index is 11.8. The van der Waals surface area contributed by atoms with E-state index in [0.29, 0.717) is 0 Å². The maximum absolute atomic E-state index is 11.8. The van der Waals surface area contributed by atoms with Gasteiger partial charge in [0.15, 0.2) is 0 Å². The standard InChI is InChI=1S/C5H2Cl2F6/c6-1-2(4(8,9)10)3(7)5(11,12)13/h1H2/b3-2+. The van der Waals surface area contributed by atoms with Crippen LogP contribution in [0.25, 0.3) is 0 Å². The van der Waals surface area contributed by atoms with E-state index in [4.69, 9.17) is 11.6 Å². The minimum atomic E-state index is -5.22. The van der Waals surface area contributed by atoms with Crippen molar-refractivity contribution in [3.63, 3.8) is 0 Å². The third-order valence-electron chi connectivity index (χ3n) is 0.990. The van der Waals surface area contributed by atoms with Crippen LogP contribution >= 0.6 is 23.2 Å². The van der Waals surface area contributed by atoms with Gasteiger partial charge in [-0.25, -0.2) is 0 Å². The molecular formula is C5H2Cl2F6. The van der Waals surface area contributed by atoms with Gasteiger partial charge in [-0.05, 0) is 0 Å². The molecule has 0 nitrogen and oxygen atoms in total. The molecule has 0 rings (SSSR count). The van der Waals surface area contributed by atoms with Gasteiger partial charge in [-0.3, -0.25) is 0 Å². The molecule has 78 valence electrons. The van der Waals surface area contributed by atoms with Crippen LogP contribution in [-0.2, 0) is 0 Å². The predicted molar refractivity (Wildman–Crippen MR) is 35.7 cm³/mol.